The highest BCUT2D eigenvalue weighted by molar-refractivity contribution is 5.68. The zero-order valence-corrected chi connectivity index (χ0v) is 7.01. The lowest BCUT2D eigenvalue weighted by molar-refractivity contribution is -0.140. The Hall–Kier alpha value is -0.790. The normalized spacial score (nSPS) is 9.18. The standard InChI is InChI=1S/C9H15O2/c1-3-4-5-6-7-8-9(10)11-2/h1,3H,4-8H2,2H3. The molecular formula is C9H15O2. The number of hydrogen-bond acceptors (Lipinski definition) is 2. The van der Waals surface area contributed by atoms with E-state index in [-0.39, 0.29) is 5.97 Å². The number of unbranched alkanes of at least 4 members (excludes halogenated alkanes) is 3. The third-order valence-electron chi connectivity index (χ3n) is 1.48. The SMILES string of the molecule is [CH]=CCCCCCC(=O)OC. The first-order chi connectivity index (χ1) is 5.31. The van der Waals surface area contributed by atoms with Crippen molar-refractivity contribution >= 4 is 5.97 Å². The van der Waals surface area contributed by atoms with E-state index < -0.39 is 0 Å². The largest absolute Gasteiger partial charge is 0.469 e. The van der Waals surface area contributed by atoms with E-state index in [4.69, 9.17) is 6.58 Å². The molecule has 0 unspecified atom stereocenters. The molecule has 0 aliphatic heterocycles. The molecule has 0 saturated carbocycles. The molecule has 11 heavy (non-hydrogen) atoms. The molecule has 0 aromatic heterocycles. The van der Waals surface area contributed by atoms with Crippen LogP contribution in [0.3, 0.4) is 0 Å². The van der Waals surface area contributed by atoms with Gasteiger partial charge in [-0.3, -0.25) is 4.79 Å². The highest BCUT2D eigenvalue weighted by Crippen LogP contribution is 2.03. The van der Waals surface area contributed by atoms with Gasteiger partial charge in [-0.05, 0) is 19.3 Å². The fraction of sp³-hybridized carbons (Fsp3) is 0.667. The number of carbonyl (C=O) groups is 1. The van der Waals surface area contributed by atoms with E-state index in [1.54, 1.807) is 6.08 Å². The molecule has 0 aliphatic carbocycles. The quantitative estimate of drug-likeness (QED) is 0.433. The fourth-order valence-corrected chi connectivity index (χ4v) is 0.810. The lowest BCUT2D eigenvalue weighted by Gasteiger charge is -1.97. The number of carbonyl (C=O) groups excluding carboxylic acids is 1. The summed E-state index contributed by atoms with van der Waals surface area (Å²) in [5.41, 5.74) is 0. The monoisotopic (exact) mass is 155 g/mol. The molecule has 0 rings (SSSR count). The van der Waals surface area contributed by atoms with Gasteiger partial charge in [-0.25, -0.2) is 0 Å². The molecule has 0 amide bonds. The first-order valence-corrected chi connectivity index (χ1v) is 3.91. The second-order valence-electron chi connectivity index (χ2n) is 2.41. The van der Waals surface area contributed by atoms with E-state index in [2.05, 4.69) is 4.74 Å². The lowest BCUT2D eigenvalue weighted by Crippen LogP contribution is -1.98. The van der Waals surface area contributed by atoms with Crippen LogP contribution < -0.4 is 0 Å². The van der Waals surface area contributed by atoms with Gasteiger partial charge in [0.2, 0.25) is 0 Å². The summed E-state index contributed by atoms with van der Waals surface area (Å²) in [6, 6.07) is 0. The number of hydrogen-bond donors (Lipinski definition) is 0. The van der Waals surface area contributed by atoms with Crippen molar-refractivity contribution in [2.45, 2.75) is 32.1 Å². The molecular weight excluding hydrogens is 140 g/mol. The Balaban J connectivity index is 3.01. The van der Waals surface area contributed by atoms with Gasteiger partial charge in [0.15, 0.2) is 0 Å². The van der Waals surface area contributed by atoms with Crippen LogP contribution in [0.5, 0.6) is 0 Å². The first-order valence-electron chi connectivity index (χ1n) is 3.91. The molecule has 0 N–H and O–H groups in total. The molecule has 0 heterocycles. The zero-order valence-electron chi connectivity index (χ0n) is 7.01. The Labute approximate surface area is 68.2 Å². The van der Waals surface area contributed by atoms with Gasteiger partial charge in [0, 0.05) is 6.42 Å². The minimum Gasteiger partial charge on any atom is -0.469 e. The van der Waals surface area contributed by atoms with Crippen molar-refractivity contribution in [3.8, 4) is 0 Å². The van der Waals surface area contributed by atoms with Gasteiger partial charge in [0.1, 0.15) is 0 Å². The van der Waals surface area contributed by atoms with Crippen LogP contribution in [0.2, 0.25) is 0 Å². The number of ether oxygens (including phenoxy) is 1. The minimum absolute atomic E-state index is 0.123. The second kappa shape index (κ2) is 7.32. The summed E-state index contributed by atoms with van der Waals surface area (Å²) in [6.07, 6.45) is 6.12. The zero-order chi connectivity index (χ0) is 8.53. The molecule has 1 radical (unpaired) electrons. The molecule has 2 heteroatoms. The van der Waals surface area contributed by atoms with E-state index in [9.17, 15) is 4.79 Å². The van der Waals surface area contributed by atoms with Crippen LogP contribution in [0, 0.1) is 6.58 Å². The number of methoxy groups -OCH3 is 1. The van der Waals surface area contributed by atoms with Crippen molar-refractivity contribution in [1.82, 2.24) is 0 Å². The summed E-state index contributed by atoms with van der Waals surface area (Å²) < 4.78 is 4.49. The van der Waals surface area contributed by atoms with Gasteiger partial charge in [-0.1, -0.05) is 19.1 Å². The number of rotatable bonds is 6. The van der Waals surface area contributed by atoms with Crippen LogP contribution >= 0.6 is 0 Å². The van der Waals surface area contributed by atoms with E-state index in [0.29, 0.717) is 6.42 Å². The molecule has 0 atom stereocenters. The smallest absolute Gasteiger partial charge is 0.305 e. The summed E-state index contributed by atoms with van der Waals surface area (Å²) in [5.74, 6) is -0.123. The minimum atomic E-state index is -0.123. The molecule has 0 aromatic rings. The fourth-order valence-electron chi connectivity index (χ4n) is 0.810. The topological polar surface area (TPSA) is 26.3 Å². The average Bonchev–Trinajstić information content (AvgIpc) is 2.04. The van der Waals surface area contributed by atoms with Crippen molar-refractivity contribution in [3.63, 3.8) is 0 Å². The molecule has 0 bridgehead atoms. The average molecular weight is 155 g/mol. The number of esters is 1. The Morgan fingerprint density at radius 1 is 1.45 bits per heavy atom. The van der Waals surface area contributed by atoms with Crippen LogP contribution in [0.15, 0.2) is 6.08 Å². The first kappa shape index (κ1) is 10.2. The summed E-state index contributed by atoms with van der Waals surface area (Å²) in [6.45, 7) is 5.18. The predicted molar refractivity (Wildman–Crippen MR) is 44.0 cm³/mol. The van der Waals surface area contributed by atoms with Crippen LogP contribution in [0.4, 0.5) is 0 Å². The van der Waals surface area contributed by atoms with Crippen molar-refractivity contribution in [3.05, 3.63) is 12.7 Å². The Kier molecular flexibility index (Phi) is 6.79. The molecule has 63 valence electrons. The summed E-state index contributed by atoms with van der Waals surface area (Å²) >= 11 is 0. The summed E-state index contributed by atoms with van der Waals surface area (Å²) in [4.78, 5) is 10.6. The number of allylic oxidation sites excluding steroid dienone is 1. The van der Waals surface area contributed by atoms with Crippen LogP contribution in [-0.2, 0) is 9.53 Å². The maximum atomic E-state index is 10.6. The third kappa shape index (κ3) is 7.10. The highest BCUT2D eigenvalue weighted by atomic mass is 16.5. The van der Waals surface area contributed by atoms with E-state index in [0.717, 1.165) is 25.7 Å². The second-order valence-corrected chi connectivity index (χ2v) is 2.41. The predicted octanol–water partition coefficient (Wildman–Crippen LogP) is 2.10. The molecule has 0 saturated heterocycles. The Morgan fingerprint density at radius 2 is 2.18 bits per heavy atom. The lowest BCUT2D eigenvalue weighted by atomic mass is 10.1. The van der Waals surface area contributed by atoms with Gasteiger partial charge >= 0.3 is 5.97 Å². The van der Waals surface area contributed by atoms with Crippen molar-refractivity contribution in [2.24, 2.45) is 0 Å². The van der Waals surface area contributed by atoms with Gasteiger partial charge in [0.25, 0.3) is 0 Å². The van der Waals surface area contributed by atoms with Gasteiger partial charge in [-0.2, -0.15) is 0 Å². The van der Waals surface area contributed by atoms with Crippen LogP contribution in [0.25, 0.3) is 0 Å². The van der Waals surface area contributed by atoms with E-state index in [1.807, 2.05) is 0 Å². The van der Waals surface area contributed by atoms with E-state index >= 15 is 0 Å². The maximum absolute atomic E-state index is 10.6. The van der Waals surface area contributed by atoms with Crippen molar-refractivity contribution in [2.75, 3.05) is 7.11 Å². The third-order valence-corrected chi connectivity index (χ3v) is 1.48. The Morgan fingerprint density at radius 3 is 2.73 bits per heavy atom. The maximum Gasteiger partial charge on any atom is 0.305 e. The van der Waals surface area contributed by atoms with Crippen LogP contribution in [-0.4, -0.2) is 13.1 Å². The van der Waals surface area contributed by atoms with Crippen molar-refractivity contribution < 1.29 is 9.53 Å². The van der Waals surface area contributed by atoms with Gasteiger partial charge in [-0.15, -0.1) is 0 Å². The van der Waals surface area contributed by atoms with Crippen molar-refractivity contribution in [1.29, 1.82) is 0 Å². The molecule has 0 aliphatic rings. The Bertz CT molecular complexity index is 119. The highest BCUT2D eigenvalue weighted by Gasteiger charge is 1.97. The molecule has 0 fully saturated rings. The summed E-state index contributed by atoms with van der Waals surface area (Å²) in [5, 5.41) is 0. The van der Waals surface area contributed by atoms with Crippen LogP contribution in [0.1, 0.15) is 32.1 Å². The molecule has 0 spiro atoms. The van der Waals surface area contributed by atoms with Gasteiger partial charge in [0.05, 0.1) is 7.11 Å². The van der Waals surface area contributed by atoms with E-state index in [1.165, 1.54) is 7.11 Å². The summed E-state index contributed by atoms with van der Waals surface area (Å²) in [7, 11) is 1.41. The van der Waals surface area contributed by atoms with Gasteiger partial charge < -0.3 is 4.74 Å². The molecule has 0 aromatic carbocycles. The molecule has 2 nitrogen and oxygen atoms in total.